The summed E-state index contributed by atoms with van der Waals surface area (Å²) in [5.41, 5.74) is 0.260. The van der Waals surface area contributed by atoms with Crippen LogP contribution in [0.25, 0.3) is 0 Å². The Bertz CT molecular complexity index is 669. The van der Waals surface area contributed by atoms with Crippen molar-refractivity contribution in [2.24, 2.45) is 0 Å². The number of aromatic nitrogens is 2. The molecule has 0 radical (unpaired) electrons. The molecule has 120 valence electrons. The molecule has 0 spiro atoms. The maximum Gasteiger partial charge on any atom is 0.227 e. The van der Waals surface area contributed by atoms with Gasteiger partial charge in [-0.3, -0.25) is 9.78 Å². The van der Waals surface area contributed by atoms with E-state index in [-0.39, 0.29) is 22.9 Å². The predicted molar refractivity (Wildman–Crippen MR) is 85.9 cm³/mol. The zero-order chi connectivity index (χ0) is 16.2. The van der Waals surface area contributed by atoms with E-state index in [9.17, 15) is 9.18 Å². The highest BCUT2D eigenvalue weighted by atomic mass is 35.5. The maximum atomic E-state index is 13.8. The quantitative estimate of drug-likeness (QED) is 0.863. The first-order valence-corrected chi connectivity index (χ1v) is 7.74. The van der Waals surface area contributed by atoms with E-state index < -0.39 is 5.82 Å². The molecule has 0 unspecified atom stereocenters. The van der Waals surface area contributed by atoms with Crippen molar-refractivity contribution in [2.45, 2.75) is 6.42 Å². The number of rotatable bonds is 3. The molecule has 0 aliphatic carbocycles. The largest absolute Gasteiger partial charge is 0.352 e. The highest BCUT2D eigenvalue weighted by Gasteiger charge is 2.23. The second-order valence-corrected chi connectivity index (χ2v) is 5.72. The van der Waals surface area contributed by atoms with E-state index in [0.717, 1.165) is 5.82 Å². The van der Waals surface area contributed by atoms with Gasteiger partial charge in [0.1, 0.15) is 11.6 Å². The summed E-state index contributed by atoms with van der Waals surface area (Å²) in [7, 11) is 0. The van der Waals surface area contributed by atoms with Gasteiger partial charge in [-0.1, -0.05) is 17.7 Å². The van der Waals surface area contributed by atoms with Crippen molar-refractivity contribution in [1.29, 1.82) is 0 Å². The van der Waals surface area contributed by atoms with Crippen LogP contribution in [-0.2, 0) is 11.2 Å². The monoisotopic (exact) mass is 334 g/mol. The lowest BCUT2D eigenvalue weighted by Crippen LogP contribution is -2.49. The minimum Gasteiger partial charge on any atom is -0.352 e. The molecular formula is C16H16ClFN4O. The highest BCUT2D eigenvalue weighted by Crippen LogP contribution is 2.20. The molecule has 0 bridgehead atoms. The summed E-state index contributed by atoms with van der Waals surface area (Å²) in [6, 6.07) is 4.45. The number of amides is 1. The van der Waals surface area contributed by atoms with Crippen LogP contribution in [0.4, 0.5) is 10.2 Å². The van der Waals surface area contributed by atoms with Crippen molar-refractivity contribution < 1.29 is 9.18 Å². The summed E-state index contributed by atoms with van der Waals surface area (Å²) >= 11 is 5.98. The number of carbonyl (C=O) groups excluding carboxylic acids is 1. The van der Waals surface area contributed by atoms with E-state index in [2.05, 4.69) is 14.9 Å². The van der Waals surface area contributed by atoms with Crippen LogP contribution in [0.3, 0.4) is 0 Å². The predicted octanol–water partition coefficient (Wildman–Crippen LogP) is 2.16. The average Bonchev–Trinajstić information content (AvgIpc) is 2.59. The summed E-state index contributed by atoms with van der Waals surface area (Å²) in [6.45, 7) is 2.49. The van der Waals surface area contributed by atoms with Crippen LogP contribution in [0.15, 0.2) is 36.8 Å². The van der Waals surface area contributed by atoms with Crippen LogP contribution in [0.5, 0.6) is 0 Å². The number of piperazine rings is 1. The number of benzene rings is 1. The number of carbonyl (C=O) groups is 1. The Morgan fingerprint density at radius 2 is 2.00 bits per heavy atom. The van der Waals surface area contributed by atoms with Gasteiger partial charge in [-0.15, -0.1) is 0 Å². The second-order valence-electron chi connectivity index (χ2n) is 5.31. The smallest absolute Gasteiger partial charge is 0.227 e. The molecule has 1 aliphatic rings. The Labute approximate surface area is 138 Å². The molecule has 1 aromatic carbocycles. The third kappa shape index (κ3) is 3.59. The summed E-state index contributed by atoms with van der Waals surface area (Å²) in [4.78, 5) is 24.5. The first kappa shape index (κ1) is 15.7. The summed E-state index contributed by atoms with van der Waals surface area (Å²) in [5.74, 6) is 0.247. The molecule has 23 heavy (non-hydrogen) atoms. The number of halogens is 2. The van der Waals surface area contributed by atoms with Crippen molar-refractivity contribution in [1.82, 2.24) is 14.9 Å². The SMILES string of the molecule is O=C(Cc1c(F)cccc1Cl)N1CCN(c2cnccn2)CC1. The molecule has 3 rings (SSSR count). The van der Waals surface area contributed by atoms with Crippen molar-refractivity contribution in [3.63, 3.8) is 0 Å². The fourth-order valence-electron chi connectivity index (χ4n) is 2.60. The van der Waals surface area contributed by atoms with Crippen molar-refractivity contribution >= 4 is 23.3 Å². The van der Waals surface area contributed by atoms with Gasteiger partial charge in [-0.25, -0.2) is 9.37 Å². The van der Waals surface area contributed by atoms with Crippen LogP contribution in [0, 0.1) is 5.82 Å². The Hall–Kier alpha value is -2.21. The van der Waals surface area contributed by atoms with E-state index in [1.165, 1.54) is 12.1 Å². The van der Waals surface area contributed by atoms with Gasteiger partial charge in [0.25, 0.3) is 0 Å². The van der Waals surface area contributed by atoms with E-state index in [0.29, 0.717) is 26.2 Å². The summed E-state index contributed by atoms with van der Waals surface area (Å²) < 4.78 is 13.8. The molecule has 1 amide bonds. The standard InChI is InChI=1S/C16H16ClFN4O/c17-13-2-1-3-14(18)12(13)10-16(23)22-8-6-21(7-9-22)15-11-19-4-5-20-15/h1-5,11H,6-10H2. The van der Waals surface area contributed by atoms with E-state index in [4.69, 9.17) is 11.6 Å². The molecule has 0 saturated carbocycles. The average molecular weight is 335 g/mol. The van der Waals surface area contributed by atoms with Crippen LogP contribution < -0.4 is 4.90 Å². The van der Waals surface area contributed by atoms with Crippen molar-refractivity contribution in [3.05, 3.63) is 53.2 Å². The maximum absolute atomic E-state index is 13.8. The Morgan fingerprint density at radius 3 is 2.65 bits per heavy atom. The molecule has 2 aromatic rings. The minimum atomic E-state index is -0.441. The molecule has 1 fully saturated rings. The molecule has 5 nitrogen and oxygen atoms in total. The lowest BCUT2D eigenvalue weighted by atomic mass is 10.1. The lowest BCUT2D eigenvalue weighted by molar-refractivity contribution is -0.130. The fraction of sp³-hybridized carbons (Fsp3) is 0.312. The lowest BCUT2D eigenvalue weighted by Gasteiger charge is -2.35. The highest BCUT2D eigenvalue weighted by molar-refractivity contribution is 6.31. The van der Waals surface area contributed by atoms with Gasteiger partial charge in [0, 0.05) is 49.2 Å². The Kier molecular flexibility index (Phi) is 4.71. The van der Waals surface area contributed by atoms with Gasteiger partial charge in [-0.2, -0.15) is 0 Å². The zero-order valence-corrected chi connectivity index (χ0v) is 13.2. The molecule has 1 saturated heterocycles. The number of anilines is 1. The zero-order valence-electron chi connectivity index (χ0n) is 12.5. The van der Waals surface area contributed by atoms with Gasteiger partial charge >= 0.3 is 0 Å². The van der Waals surface area contributed by atoms with Gasteiger partial charge < -0.3 is 9.80 Å². The molecule has 1 aromatic heterocycles. The Morgan fingerprint density at radius 1 is 1.22 bits per heavy atom. The van der Waals surface area contributed by atoms with Crippen LogP contribution >= 0.6 is 11.6 Å². The van der Waals surface area contributed by atoms with E-state index >= 15 is 0 Å². The van der Waals surface area contributed by atoms with Gasteiger partial charge in [0.15, 0.2) is 0 Å². The Balaban J connectivity index is 1.60. The molecule has 7 heteroatoms. The summed E-state index contributed by atoms with van der Waals surface area (Å²) in [6.07, 6.45) is 4.96. The number of nitrogens with zero attached hydrogens (tertiary/aromatic N) is 4. The number of hydrogen-bond donors (Lipinski definition) is 0. The molecule has 2 heterocycles. The second kappa shape index (κ2) is 6.91. The molecule has 0 N–H and O–H groups in total. The first-order chi connectivity index (χ1) is 11.1. The normalized spacial score (nSPS) is 14.9. The van der Waals surface area contributed by atoms with Gasteiger partial charge in [0.2, 0.25) is 5.91 Å². The van der Waals surface area contributed by atoms with Crippen LogP contribution in [0.1, 0.15) is 5.56 Å². The van der Waals surface area contributed by atoms with Crippen molar-refractivity contribution in [2.75, 3.05) is 31.1 Å². The third-order valence-corrected chi connectivity index (χ3v) is 4.25. The van der Waals surface area contributed by atoms with E-state index in [1.807, 2.05) is 0 Å². The molecular weight excluding hydrogens is 319 g/mol. The molecule has 1 aliphatic heterocycles. The minimum absolute atomic E-state index is 0.0172. The van der Waals surface area contributed by atoms with Crippen LogP contribution in [0.2, 0.25) is 5.02 Å². The van der Waals surface area contributed by atoms with E-state index in [1.54, 1.807) is 29.6 Å². The van der Waals surface area contributed by atoms with Gasteiger partial charge in [0.05, 0.1) is 12.6 Å². The van der Waals surface area contributed by atoms with Crippen LogP contribution in [-0.4, -0.2) is 47.0 Å². The fourth-order valence-corrected chi connectivity index (χ4v) is 2.83. The van der Waals surface area contributed by atoms with Crippen molar-refractivity contribution in [3.8, 4) is 0 Å². The summed E-state index contributed by atoms with van der Waals surface area (Å²) in [5, 5.41) is 0.288. The van der Waals surface area contributed by atoms with Gasteiger partial charge in [-0.05, 0) is 12.1 Å². The number of hydrogen-bond acceptors (Lipinski definition) is 4. The third-order valence-electron chi connectivity index (χ3n) is 3.90. The topological polar surface area (TPSA) is 49.3 Å². The molecule has 0 atom stereocenters. The first-order valence-electron chi connectivity index (χ1n) is 7.37.